The van der Waals surface area contributed by atoms with Crippen LogP contribution in [0.15, 0.2) is 30.3 Å². The lowest BCUT2D eigenvalue weighted by Gasteiger charge is -2.33. The highest BCUT2D eigenvalue weighted by atomic mass is 19.4. The Kier molecular flexibility index (Phi) is 6.61. The van der Waals surface area contributed by atoms with E-state index in [9.17, 15) is 13.2 Å². The molecule has 1 N–H and O–H groups in total. The number of H-pyrrole nitrogens is 1. The van der Waals surface area contributed by atoms with Gasteiger partial charge in [-0.2, -0.15) is 18.3 Å². The smallest absolute Gasteiger partial charge is 0.416 e. The molecule has 0 saturated carbocycles. The monoisotopic (exact) mass is 397 g/mol. The van der Waals surface area contributed by atoms with Gasteiger partial charge in [0.25, 0.3) is 0 Å². The first-order chi connectivity index (χ1) is 13.3. The fourth-order valence-electron chi connectivity index (χ4n) is 3.26. The van der Waals surface area contributed by atoms with Crippen LogP contribution in [0.25, 0.3) is 0 Å². The van der Waals surface area contributed by atoms with Gasteiger partial charge in [-0.05, 0) is 36.2 Å². The third kappa shape index (κ3) is 5.72. The van der Waals surface area contributed by atoms with Crippen molar-refractivity contribution in [3.63, 3.8) is 0 Å². The molecule has 0 unspecified atom stereocenters. The van der Waals surface area contributed by atoms with Crippen molar-refractivity contribution in [1.29, 1.82) is 0 Å². The Morgan fingerprint density at radius 3 is 2.71 bits per heavy atom. The van der Waals surface area contributed by atoms with Crippen LogP contribution in [0.4, 0.5) is 13.2 Å². The molecule has 0 spiro atoms. The van der Waals surface area contributed by atoms with E-state index in [-0.39, 0.29) is 6.10 Å². The van der Waals surface area contributed by atoms with Gasteiger partial charge in [-0.3, -0.25) is 10.00 Å². The third-order valence-corrected chi connectivity index (χ3v) is 4.58. The molecule has 0 radical (unpaired) electrons. The molecule has 0 amide bonds. The second kappa shape index (κ2) is 8.96. The Balaban J connectivity index is 1.48. The molecule has 5 nitrogen and oxygen atoms in total. The zero-order chi connectivity index (χ0) is 20.1. The molecule has 1 atom stereocenters. The zero-order valence-electron chi connectivity index (χ0n) is 16.1. The fourth-order valence-corrected chi connectivity index (χ4v) is 3.26. The van der Waals surface area contributed by atoms with Crippen LogP contribution in [0.3, 0.4) is 0 Å². The van der Waals surface area contributed by atoms with Crippen molar-refractivity contribution in [3.05, 3.63) is 47.3 Å². The van der Waals surface area contributed by atoms with Gasteiger partial charge in [0, 0.05) is 31.7 Å². The Morgan fingerprint density at radius 2 is 2.04 bits per heavy atom. The van der Waals surface area contributed by atoms with Gasteiger partial charge in [0.2, 0.25) is 0 Å². The largest absolute Gasteiger partial charge is 0.493 e. The summed E-state index contributed by atoms with van der Waals surface area (Å²) in [6.07, 6.45) is -3.80. The Labute approximate surface area is 162 Å². The number of alkyl halides is 3. The molecule has 1 aromatic carbocycles. The molecule has 1 saturated heterocycles. The number of morpholine rings is 1. The second-order valence-electron chi connectivity index (χ2n) is 7.45. The van der Waals surface area contributed by atoms with Gasteiger partial charge in [-0.15, -0.1) is 0 Å². The Morgan fingerprint density at radius 1 is 1.29 bits per heavy atom. The van der Waals surface area contributed by atoms with E-state index >= 15 is 0 Å². The van der Waals surface area contributed by atoms with Gasteiger partial charge in [-0.1, -0.05) is 13.8 Å². The normalized spacial score (nSPS) is 18.6. The predicted molar refractivity (Wildman–Crippen MR) is 99.2 cm³/mol. The minimum absolute atomic E-state index is 0.0478. The van der Waals surface area contributed by atoms with Crippen molar-refractivity contribution >= 4 is 0 Å². The van der Waals surface area contributed by atoms with Crippen LogP contribution in [0.1, 0.15) is 36.9 Å². The number of aromatic amines is 1. The van der Waals surface area contributed by atoms with Crippen molar-refractivity contribution in [3.8, 4) is 5.75 Å². The standard InChI is InChI=1S/C20H26F3N3O2/c1-14(2)12-26-8-10-28-19(13-26)18-11-16(24-25-18)7-9-27-17-5-3-15(4-6-17)20(21,22)23/h3-6,11,14,19H,7-10,12-13H2,1-2H3,(H,24,25)/t19-/m0/s1. The predicted octanol–water partition coefficient (Wildman–Crippen LogP) is 4.08. The number of benzene rings is 1. The van der Waals surface area contributed by atoms with E-state index in [4.69, 9.17) is 9.47 Å². The van der Waals surface area contributed by atoms with Gasteiger partial charge in [-0.25, -0.2) is 0 Å². The number of hydrogen-bond acceptors (Lipinski definition) is 4. The summed E-state index contributed by atoms with van der Waals surface area (Å²) < 4.78 is 49.1. The van der Waals surface area contributed by atoms with E-state index < -0.39 is 11.7 Å². The Hall–Kier alpha value is -2.06. The molecule has 3 rings (SSSR count). The highest BCUT2D eigenvalue weighted by Crippen LogP contribution is 2.30. The molecule has 28 heavy (non-hydrogen) atoms. The van der Waals surface area contributed by atoms with Crippen molar-refractivity contribution in [1.82, 2.24) is 15.1 Å². The average Bonchev–Trinajstić information content (AvgIpc) is 3.10. The number of rotatable bonds is 7. The fraction of sp³-hybridized carbons (Fsp3) is 0.550. The first-order valence-corrected chi connectivity index (χ1v) is 9.49. The van der Waals surface area contributed by atoms with Crippen molar-refractivity contribution in [2.45, 2.75) is 32.5 Å². The van der Waals surface area contributed by atoms with Crippen LogP contribution in [0, 0.1) is 5.92 Å². The zero-order valence-corrected chi connectivity index (χ0v) is 16.1. The van der Waals surface area contributed by atoms with Crippen LogP contribution in [0.5, 0.6) is 5.75 Å². The maximum Gasteiger partial charge on any atom is 0.416 e. The number of aromatic nitrogens is 2. The first kappa shape index (κ1) is 20.7. The highest BCUT2D eigenvalue weighted by molar-refractivity contribution is 5.28. The van der Waals surface area contributed by atoms with Crippen LogP contribution in [0.2, 0.25) is 0 Å². The van der Waals surface area contributed by atoms with E-state index in [1.54, 1.807) is 0 Å². The average molecular weight is 397 g/mol. The minimum Gasteiger partial charge on any atom is -0.493 e. The van der Waals surface area contributed by atoms with Crippen LogP contribution in [-0.2, 0) is 17.3 Å². The first-order valence-electron chi connectivity index (χ1n) is 9.49. The van der Waals surface area contributed by atoms with Crippen LogP contribution in [-0.4, -0.2) is 47.9 Å². The van der Waals surface area contributed by atoms with Crippen molar-refractivity contribution < 1.29 is 22.6 Å². The third-order valence-electron chi connectivity index (χ3n) is 4.58. The molecule has 2 heterocycles. The van der Waals surface area contributed by atoms with E-state index in [0.29, 0.717) is 31.3 Å². The van der Waals surface area contributed by atoms with Gasteiger partial charge >= 0.3 is 6.18 Å². The molecule has 1 aliphatic heterocycles. The molecular weight excluding hydrogens is 371 g/mol. The lowest BCUT2D eigenvalue weighted by atomic mass is 10.1. The summed E-state index contributed by atoms with van der Waals surface area (Å²) in [5, 5.41) is 7.36. The molecule has 154 valence electrons. The lowest BCUT2D eigenvalue weighted by Crippen LogP contribution is -2.40. The maximum absolute atomic E-state index is 12.6. The van der Waals surface area contributed by atoms with E-state index in [2.05, 4.69) is 28.9 Å². The Bertz CT molecular complexity index is 744. The molecule has 1 aliphatic rings. The quantitative estimate of drug-likeness (QED) is 0.765. The molecule has 0 aliphatic carbocycles. The summed E-state index contributed by atoms with van der Waals surface area (Å²) in [6.45, 7) is 8.24. The number of nitrogens with zero attached hydrogens (tertiary/aromatic N) is 2. The van der Waals surface area contributed by atoms with E-state index in [1.165, 1.54) is 12.1 Å². The van der Waals surface area contributed by atoms with Crippen LogP contribution >= 0.6 is 0 Å². The summed E-state index contributed by atoms with van der Waals surface area (Å²) in [5.74, 6) is 1.02. The molecule has 2 aromatic rings. The number of hydrogen-bond donors (Lipinski definition) is 1. The lowest BCUT2D eigenvalue weighted by molar-refractivity contribution is -0.137. The molecule has 8 heteroatoms. The maximum atomic E-state index is 12.6. The van der Waals surface area contributed by atoms with Crippen LogP contribution < -0.4 is 4.74 Å². The minimum atomic E-state index is -4.34. The van der Waals surface area contributed by atoms with Gasteiger partial charge in [0.1, 0.15) is 11.9 Å². The SMILES string of the molecule is CC(C)CN1CCO[C@H](c2cc(CCOc3ccc(C(F)(F)F)cc3)[nH]n2)C1. The van der Waals surface area contributed by atoms with Crippen molar-refractivity contribution in [2.24, 2.45) is 5.92 Å². The molecule has 1 fully saturated rings. The van der Waals surface area contributed by atoms with Gasteiger partial charge < -0.3 is 9.47 Å². The van der Waals surface area contributed by atoms with Gasteiger partial charge in [0.15, 0.2) is 0 Å². The number of nitrogens with one attached hydrogen (secondary N) is 1. The summed E-state index contributed by atoms with van der Waals surface area (Å²) in [7, 11) is 0. The van der Waals surface area contributed by atoms with Crippen molar-refractivity contribution in [2.75, 3.05) is 32.8 Å². The topological polar surface area (TPSA) is 50.4 Å². The molecule has 1 aromatic heterocycles. The number of halogens is 3. The highest BCUT2D eigenvalue weighted by Gasteiger charge is 2.30. The molecule has 0 bridgehead atoms. The number of ether oxygens (including phenoxy) is 2. The van der Waals surface area contributed by atoms with E-state index in [1.807, 2.05) is 6.07 Å². The summed E-state index contributed by atoms with van der Waals surface area (Å²) in [5.41, 5.74) is 1.10. The van der Waals surface area contributed by atoms with E-state index in [0.717, 1.165) is 43.2 Å². The summed E-state index contributed by atoms with van der Waals surface area (Å²) >= 11 is 0. The van der Waals surface area contributed by atoms with Gasteiger partial charge in [0.05, 0.1) is 24.5 Å². The molecular formula is C20H26F3N3O2. The summed E-state index contributed by atoms with van der Waals surface area (Å²) in [6, 6.07) is 6.68. The summed E-state index contributed by atoms with van der Waals surface area (Å²) in [4.78, 5) is 2.39. The second-order valence-corrected chi connectivity index (χ2v) is 7.45.